The number of amides is 8. The van der Waals surface area contributed by atoms with E-state index in [-0.39, 0.29) is 76.2 Å². The largest absolute Gasteiger partial charge is 0.477 e. The minimum absolute atomic E-state index is 0.0126. The van der Waals surface area contributed by atoms with Gasteiger partial charge in [-0.3, -0.25) is 43.3 Å². The molecule has 0 spiro atoms. The molecule has 9 atom stereocenters. The average Bonchev–Trinajstić information content (AvgIpc) is 4.07. The first-order valence-electron chi connectivity index (χ1n) is 24.5. The lowest BCUT2D eigenvalue weighted by molar-refractivity contribution is -0.171. The molecular formula is C44H75F3N18O11. The number of hydrogen-bond donors (Lipinski definition) is 17. The van der Waals surface area contributed by atoms with Crippen molar-refractivity contribution in [2.75, 3.05) is 45.8 Å². The van der Waals surface area contributed by atoms with Crippen molar-refractivity contribution in [2.24, 2.45) is 51.0 Å². The molecule has 32 heteroatoms. The number of nitrogens with zero attached hydrogens (tertiary/aromatic N) is 3. The number of aliphatic hydroxyl groups is 1. The summed E-state index contributed by atoms with van der Waals surface area (Å²) >= 11 is 0. The summed E-state index contributed by atoms with van der Waals surface area (Å²) in [6, 6.07) is -10.7. The number of carbonyl (C=O) groups is 9. The lowest BCUT2D eigenvalue weighted by atomic mass is 10.0. The minimum Gasteiger partial charge on any atom is -0.477 e. The topological polar surface area (TPSA) is 505 Å². The van der Waals surface area contributed by atoms with E-state index in [9.17, 15) is 66.5 Å². The monoisotopic (exact) mass is 1090 g/mol. The minimum atomic E-state index is -4.93. The van der Waals surface area contributed by atoms with Crippen LogP contribution in [0.25, 0.3) is 0 Å². The number of nitrogens with one attached hydrogen (secondary N) is 8. The number of aliphatic hydroxyl groups excluding tert-OH is 1. The molecule has 1 fully saturated rings. The molecule has 8 amide bonds. The number of imidazole rings is 1. The number of nitrogens with two attached hydrogens (primary N) is 7. The number of halogens is 3. The molecule has 1 aromatic heterocycles. The smallest absolute Gasteiger partial charge is 0.393 e. The first kappa shape index (κ1) is 65.1. The molecule has 0 radical (unpaired) electrons. The zero-order valence-corrected chi connectivity index (χ0v) is 42.2. The van der Waals surface area contributed by atoms with Crippen molar-refractivity contribution in [3.05, 3.63) is 30.0 Å². The highest BCUT2D eigenvalue weighted by atomic mass is 19.4. The second-order valence-corrected chi connectivity index (χ2v) is 17.9. The van der Waals surface area contributed by atoms with Gasteiger partial charge in [-0.2, -0.15) is 13.2 Å². The van der Waals surface area contributed by atoms with E-state index in [1.165, 1.54) is 19.4 Å². The number of likely N-dealkylation sites (tertiary alicyclic amines) is 1. The second kappa shape index (κ2) is 33.1. The number of rotatable bonds is 34. The van der Waals surface area contributed by atoms with E-state index in [4.69, 9.17) is 40.1 Å². The fraction of sp³-hybridized carbons (Fsp3) is 0.659. The van der Waals surface area contributed by atoms with Gasteiger partial charge in [0.15, 0.2) is 5.96 Å². The van der Waals surface area contributed by atoms with E-state index in [2.05, 4.69) is 52.2 Å². The van der Waals surface area contributed by atoms with Crippen LogP contribution in [0.4, 0.5) is 13.2 Å². The lowest BCUT2D eigenvalue weighted by Gasteiger charge is -2.30. The molecule has 2 rings (SSSR count). The number of unbranched alkanes of at least 4 members (excludes halogenated alkanes) is 2. The zero-order chi connectivity index (χ0) is 57.1. The molecular weight excluding hydrogens is 1010 g/mol. The van der Waals surface area contributed by atoms with Crippen molar-refractivity contribution in [3.63, 3.8) is 0 Å². The number of aromatic nitrogens is 2. The van der Waals surface area contributed by atoms with Crippen LogP contribution in [-0.4, -0.2) is 185 Å². The second-order valence-electron chi connectivity index (χ2n) is 17.9. The highest BCUT2D eigenvalue weighted by Crippen LogP contribution is 2.37. The Bertz CT molecular complexity index is 2150. The lowest BCUT2D eigenvalue weighted by Crippen LogP contribution is -2.60. The summed E-state index contributed by atoms with van der Waals surface area (Å²) in [5.41, 5.74) is 38.5. The zero-order valence-electron chi connectivity index (χ0n) is 42.2. The van der Waals surface area contributed by atoms with Crippen LogP contribution >= 0.6 is 0 Å². The first-order chi connectivity index (χ1) is 35.9. The maximum atomic E-state index is 14.4. The summed E-state index contributed by atoms with van der Waals surface area (Å²) in [7, 11) is 0. The van der Waals surface area contributed by atoms with Crippen LogP contribution in [0.3, 0.4) is 0 Å². The molecule has 2 heterocycles. The molecule has 24 N–H and O–H groups in total. The summed E-state index contributed by atoms with van der Waals surface area (Å²) in [5, 5.41) is 36.5. The number of guanidine groups is 1. The molecule has 0 aliphatic carbocycles. The molecule has 0 aromatic carbocycles. The average molecular weight is 1090 g/mol. The standard InChI is InChI=1S/C44H75F3N18O11/c1-23(59-40(73)34(32(66)18-51)64-36(69)26(52)8-2-4-12-48)35(68)57-20-33(67)60-28(10-6-14-50)41(74)65-21-24(44(45,46)47)16-31(65)39(72)63-30(17-25-19-55-22-58-25)38(71)61-27(9-3-5-13-49)37(70)62-29(42(75)76)11-7-15-56-43(53)54/h11,19,22-24,26-28,30-32,34,66H,2-10,12-18,20-21,48-52H2,1H3,(H,55,58)(H,57,68)(H,59,73)(H,60,67)(H,61,71)(H,62,70)(H,63,72)(H,64,69)(H,75,76)(H4,53,54,56)/b29-11-/t23-,24-,26-,27-,28+,30-,31-,32-,34?/m0/s1. The van der Waals surface area contributed by atoms with Crippen LogP contribution in [-0.2, 0) is 49.6 Å². The number of alkyl halides is 3. The number of carboxylic acids is 1. The van der Waals surface area contributed by atoms with Crippen LogP contribution in [0.2, 0.25) is 0 Å². The summed E-state index contributed by atoms with van der Waals surface area (Å²) in [5.74, 6) is -12.2. The van der Waals surface area contributed by atoms with Gasteiger partial charge < -0.3 is 97.5 Å². The quantitative estimate of drug-likeness (QED) is 0.0132. The van der Waals surface area contributed by atoms with Gasteiger partial charge in [0.2, 0.25) is 47.3 Å². The molecule has 0 saturated carbocycles. The van der Waals surface area contributed by atoms with E-state index in [1.807, 2.05) is 0 Å². The van der Waals surface area contributed by atoms with Gasteiger partial charge in [0.1, 0.15) is 41.9 Å². The van der Waals surface area contributed by atoms with Crippen molar-refractivity contribution in [3.8, 4) is 0 Å². The number of carbonyl (C=O) groups excluding carboxylic acids is 8. The third-order valence-electron chi connectivity index (χ3n) is 11.8. The molecule has 1 aromatic rings. The number of H-pyrrole nitrogens is 1. The van der Waals surface area contributed by atoms with E-state index >= 15 is 0 Å². The van der Waals surface area contributed by atoms with E-state index < -0.39 is 145 Å². The van der Waals surface area contributed by atoms with Gasteiger partial charge in [-0.1, -0.05) is 12.5 Å². The van der Waals surface area contributed by atoms with Crippen molar-refractivity contribution in [1.29, 1.82) is 0 Å². The molecule has 1 aliphatic rings. The van der Waals surface area contributed by atoms with Gasteiger partial charge in [-0.15, -0.1) is 0 Å². The van der Waals surface area contributed by atoms with E-state index in [0.717, 1.165) is 6.08 Å². The Morgan fingerprint density at radius 1 is 0.829 bits per heavy atom. The predicted octanol–water partition coefficient (Wildman–Crippen LogP) is -6.32. The van der Waals surface area contributed by atoms with Crippen LogP contribution < -0.4 is 77.4 Å². The predicted molar refractivity (Wildman–Crippen MR) is 267 cm³/mol. The van der Waals surface area contributed by atoms with Gasteiger partial charge in [-0.25, -0.2) is 9.78 Å². The maximum absolute atomic E-state index is 14.4. The fourth-order valence-electron chi connectivity index (χ4n) is 7.59. The van der Waals surface area contributed by atoms with Crippen molar-refractivity contribution >= 4 is 59.2 Å². The molecule has 0 bridgehead atoms. The highest BCUT2D eigenvalue weighted by molar-refractivity contribution is 5.99. The highest BCUT2D eigenvalue weighted by Gasteiger charge is 2.52. The first-order valence-corrected chi connectivity index (χ1v) is 24.5. The molecule has 76 heavy (non-hydrogen) atoms. The molecule has 1 unspecified atom stereocenters. The molecule has 1 aliphatic heterocycles. The van der Waals surface area contributed by atoms with Gasteiger partial charge in [0, 0.05) is 37.9 Å². The summed E-state index contributed by atoms with van der Waals surface area (Å²) in [6.45, 7) is -0.672. The van der Waals surface area contributed by atoms with Gasteiger partial charge in [0.05, 0.1) is 30.9 Å². The normalized spacial score (nSPS) is 17.3. The number of aromatic amines is 1. The van der Waals surface area contributed by atoms with Crippen molar-refractivity contribution in [2.45, 2.75) is 132 Å². The number of hydrogen-bond acceptors (Lipinski definition) is 17. The molecule has 29 nitrogen and oxygen atoms in total. The Morgan fingerprint density at radius 2 is 1.47 bits per heavy atom. The van der Waals surface area contributed by atoms with Crippen molar-refractivity contribution in [1.82, 2.24) is 52.1 Å². The third-order valence-corrected chi connectivity index (χ3v) is 11.8. The van der Waals surface area contributed by atoms with Crippen LogP contribution in [0.15, 0.2) is 29.3 Å². The number of aliphatic carboxylic acids is 1. The Kier molecular flexibility index (Phi) is 28.4. The Labute approximate surface area is 436 Å². The molecule has 428 valence electrons. The van der Waals surface area contributed by atoms with Crippen LogP contribution in [0.5, 0.6) is 0 Å². The van der Waals surface area contributed by atoms with Gasteiger partial charge >= 0.3 is 12.1 Å². The van der Waals surface area contributed by atoms with Crippen LogP contribution in [0.1, 0.15) is 76.8 Å². The Balaban J connectivity index is 2.34. The van der Waals surface area contributed by atoms with E-state index in [1.54, 1.807) is 0 Å². The fourth-order valence-corrected chi connectivity index (χ4v) is 7.59. The summed E-state index contributed by atoms with van der Waals surface area (Å²) in [4.78, 5) is 131. The van der Waals surface area contributed by atoms with Gasteiger partial charge in [-0.05, 0) is 84.3 Å². The molecule has 1 saturated heterocycles. The van der Waals surface area contributed by atoms with Crippen LogP contribution in [0, 0.1) is 5.92 Å². The van der Waals surface area contributed by atoms with Crippen molar-refractivity contribution < 1.29 is 66.5 Å². The van der Waals surface area contributed by atoms with Gasteiger partial charge in [0.25, 0.3) is 0 Å². The number of carboxylic acid groups (broad SMARTS) is 1. The summed E-state index contributed by atoms with van der Waals surface area (Å²) < 4.78 is 43.2. The Morgan fingerprint density at radius 3 is 2.05 bits per heavy atom. The van der Waals surface area contributed by atoms with E-state index in [0.29, 0.717) is 30.7 Å². The number of aliphatic imine (C=N–C) groups is 1. The third kappa shape index (κ3) is 22.5. The summed E-state index contributed by atoms with van der Waals surface area (Å²) in [6.07, 6.45) is -2.57. The maximum Gasteiger partial charge on any atom is 0.393 e. The SMILES string of the molecule is C[C@H](NC(=O)C(NC(=O)[C@@H](N)CCCCN)[C@@H](O)CN)C(=O)NCC(=O)N[C@H](CCCN)C(=O)N1C[C@@H](C(F)(F)F)C[C@H]1C(=O)N[C@@H](Cc1cnc[nH]1)C(=O)N[C@@H](CCCCN)C(=O)N/C(=C\CCN=C(N)N)C(=O)O. The Hall–Kier alpha value is -7.00.